The van der Waals surface area contributed by atoms with Gasteiger partial charge in [-0.3, -0.25) is 40.1 Å². The van der Waals surface area contributed by atoms with Gasteiger partial charge in [0.05, 0.1) is 17.8 Å². The molecule has 0 fully saturated rings. The summed E-state index contributed by atoms with van der Waals surface area (Å²) in [6.07, 6.45) is 0. The van der Waals surface area contributed by atoms with Crippen LogP contribution in [0.25, 0.3) is 17.3 Å². The Morgan fingerprint density at radius 3 is 1.93 bits per heavy atom. The molecule has 0 aliphatic heterocycles. The number of aromatic nitrogens is 3. The van der Waals surface area contributed by atoms with Gasteiger partial charge in [-0.1, -0.05) is 23.2 Å². The predicted molar refractivity (Wildman–Crippen MR) is 161 cm³/mol. The SMILES string of the molecule is CC(=O)c1ccc([N+](=O)[O-])o1.NNC(=O)Nc1ccc(Cl)cc1.O=[N+]([O-])c1ccc(-c2n[nH]c(=S)n2-c2ccc(Cl)cc2)o1. The molecule has 0 unspecified atom stereocenters. The molecule has 2 amide bonds. The van der Waals surface area contributed by atoms with Gasteiger partial charge in [-0.05, 0) is 72.9 Å². The number of Topliss-reactive ketones (excluding diaryl/α,β-unsaturated/α-hetero) is 1. The van der Waals surface area contributed by atoms with Crippen molar-refractivity contribution < 1.29 is 28.3 Å². The molecule has 2 aromatic carbocycles. The highest BCUT2D eigenvalue weighted by Gasteiger charge is 2.19. The van der Waals surface area contributed by atoms with Crippen LogP contribution in [0.5, 0.6) is 0 Å². The lowest BCUT2D eigenvalue weighted by molar-refractivity contribution is -0.402. The lowest BCUT2D eigenvalue weighted by Crippen LogP contribution is -2.34. The maximum absolute atomic E-state index is 10.7. The largest absolute Gasteiger partial charge is 0.433 e. The number of furan rings is 2. The van der Waals surface area contributed by atoms with Crippen molar-refractivity contribution in [2.45, 2.75) is 6.92 Å². The summed E-state index contributed by atoms with van der Waals surface area (Å²) in [6.45, 7) is 1.28. The predicted octanol–water partition coefficient (Wildman–Crippen LogP) is 6.48. The first-order chi connectivity index (χ1) is 20.9. The number of ketones is 1. The fraction of sp³-hybridized carbons (Fsp3) is 0.0400. The Morgan fingerprint density at radius 1 is 0.909 bits per heavy atom. The molecular formula is C25H20Cl2N8O8S. The normalized spacial score (nSPS) is 10.0. The smallest absolute Gasteiger partial charge is 0.398 e. The number of rotatable bonds is 6. The molecule has 0 saturated carbocycles. The molecule has 5 N–H and O–H groups in total. The summed E-state index contributed by atoms with van der Waals surface area (Å²) in [5.41, 5.74) is 3.30. The number of hydrazine groups is 1. The topological polar surface area (TPSA) is 230 Å². The van der Waals surface area contributed by atoms with Gasteiger partial charge >= 0.3 is 17.8 Å². The van der Waals surface area contributed by atoms with Gasteiger partial charge < -0.3 is 14.2 Å². The van der Waals surface area contributed by atoms with Crippen molar-refractivity contribution in [1.29, 1.82) is 0 Å². The lowest BCUT2D eigenvalue weighted by Gasteiger charge is -2.04. The van der Waals surface area contributed by atoms with Gasteiger partial charge in [-0.15, -0.1) is 0 Å². The van der Waals surface area contributed by atoms with Gasteiger partial charge in [0.2, 0.25) is 5.82 Å². The van der Waals surface area contributed by atoms with Crippen LogP contribution < -0.4 is 16.6 Å². The van der Waals surface area contributed by atoms with Crippen molar-refractivity contribution in [2.24, 2.45) is 5.84 Å². The van der Waals surface area contributed by atoms with Crippen molar-refractivity contribution in [2.75, 3.05) is 5.32 Å². The second kappa shape index (κ2) is 15.2. The number of aromatic amines is 1. The van der Waals surface area contributed by atoms with Crippen LogP contribution in [-0.4, -0.2) is 36.4 Å². The second-order valence-electron chi connectivity index (χ2n) is 8.12. The molecule has 44 heavy (non-hydrogen) atoms. The van der Waals surface area contributed by atoms with Crippen LogP contribution in [0, 0.1) is 25.0 Å². The third-order valence-corrected chi connectivity index (χ3v) is 5.88. The summed E-state index contributed by atoms with van der Waals surface area (Å²) in [5, 5.41) is 31.1. The van der Waals surface area contributed by atoms with E-state index in [1.807, 2.05) is 5.43 Å². The van der Waals surface area contributed by atoms with Crippen LogP contribution in [0.4, 0.5) is 22.3 Å². The number of nitrogens with zero attached hydrogens (tertiary/aromatic N) is 4. The van der Waals surface area contributed by atoms with Gasteiger partial charge in [0.15, 0.2) is 22.1 Å². The van der Waals surface area contributed by atoms with Gasteiger partial charge in [-0.25, -0.2) is 10.6 Å². The van der Waals surface area contributed by atoms with E-state index in [4.69, 9.17) is 45.7 Å². The molecule has 0 aliphatic carbocycles. The minimum Gasteiger partial charge on any atom is -0.398 e. The summed E-state index contributed by atoms with van der Waals surface area (Å²) in [5.74, 6) is 4.37. The average molecular weight is 663 g/mol. The molecule has 0 spiro atoms. The zero-order chi connectivity index (χ0) is 32.4. The molecule has 0 bridgehead atoms. The van der Waals surface area contributed by atoms with Crippen molar-refractivity contribution in [3.8, 4) is 17.3 Å². The minimum absolute atomic E-state index is 0.0108. The molecule has 0 aliphatic rings. The quantitative estimate of drug-likeness (QED) is 0.0383. The van der Waals surface area contributed by atoms with Crippen molar-refractivity contribution >= 4 is 64.7 Å². The van der Waals surface area contributed by atoms with E-state index >= 15 is 0 Å². The molecule has 228 valence electrons. The van der Waals surface area contributed by atoms with E-state index < -0.39 is 21.8 Å². The summed E-state index contributed by atoms with van der Waals surface area (Å²) >= 11 is 16.7. The average Bonchev–Trinajstić information content (AvgIpc) is 3.76. The minimum atomic E-state index is -0.688. The highest BCUT2D eigenvalue weighted by Crippen LogP contribution is 2.27. The number of halogens is 2. The van der Waals surface area contributed by atoms with Crippen LogP contribution in [0.15, 0.2) is 81.6 Å². The first-order valence-corrected chi connectivity index (χ1v) is 13.0. The molecule has 3 aromatic heterocycles. The highest BCUT2D eigenvalue weighted by molar-refractivity contribution is 7.71. The zero-order valence-electron chi connectivity index (χ0n) is 22.2. The first kappa shape index (κ1) is 33.1. The number of nitrogens with one attached hydrogen (secondary N) is 3. The van der Waals surface area contributed by atoms with Crippen LogP contribution >= 0.6 is 35.4 Å². The molecule has 0 atom stereocenters. The van der Waals surface area contributed by atoms with E-state index in [1.54, 1.807) is 53.1 Å². The monoisotopic (exact) mass is 662 g/mol. The van der Waals surface area contributed by atoms with E-state index in [0.29, 0.717) is 32.0 Å². The van der Waals surface area contributed by atoms with Crippen LogP contribution in [-0.2, 0) is 0 Å². The number of hydrogen-bond acceptors (Lipinski definition) is 11. The Bertz CT molecular complexity index is 1800. The standard InChI is InChI=1S/C12H7ClN4O3S.C7H8ClN3O.C6H5NO4/c13-7-1-3-8(4-2-7)16-11(14-15-12(16)21)9-5-6-10(20-9)17(18)19;8-5-1-3-6(4-2-5)10-7(12)11-9;1-4(8)5-2-3-6(11-5)7(9)10/h1-6H,(H,15,21);1-4H,9H2,(H2,10,11,12);2-3H,1H3. The summed E-state index contributed by atoms with van der Waals surface area (Å²) in [7, 11) is 0. The fourth-order valence-corrected chi connectivity index (χ4v) is 3.64. The lowest BCUT2D eigenvalue weighted by atomic mass is 10.3. The molecule has 19 heteroatoms. The number of nitro groups is 2. The Labute approximate surface area is 261 Å². The molecule has 0 radical (unpaired) electrons. The zero-order valence-corrected chi connectivity index (χ0v) is 24.6. The van der Waals surface area contributed by atoms with Crippen molar-refractivity contribution in [1.82, 2.24) is 20.2 Å². The van der Waals surface area contributed by atoms with E-state index in [1.165, 1.54) is 25.1 Å². The fourth-order valence-electron chi connectivity index (χ4n) is 3.15. The highest BCUT2D eigenvalue weighted by atomic mass is 35.5. The van der Waals surface area contributed by atoms with Crippen LogP contribution in [0.1, 0.15) is 17.5 Å². The number of benzene rings is 2. The summed E-state index contributed by atoms with van der Waals surface area (Å²) in [4.78, 5) is 40.7. The number of H-pyrrole nitrogens is 1. The Kier molecular flexibility index (Phi) is 11.5. The number of carbonyl (C=O) groups excluding carboxylic acids is 2. The van der Waals surface area contributed by atoms with E-state index in [9.17, 15) is 29.8 Å². The maximum Gasteiger partial charge on any atom is 0.433 e. The first-order valence-electron chi connectivity index (χ1n) is 11.9. The summed E-state index contributed by atoms with van der Waals surface area (Å²) < 4.78 is 11.7. The van der Waals surface area contributed by atoms with Gasteiger partial charge in [0.1, 0.15) is 9.85 Å². The third-order valence-electron chi connectivity index (χ3n) is 5.10. The van der Waals surface area contributed by atoms with Crippen molar-refractivity contribution in [3.05, 3.63) is 114 Å². The van der Waals surface area contributed by atoms with Gasteiger partial charge in [0.25, 0.3) is 0 Å². The number of carbonyl (C=O) groups is 2. The third kappa shape index (κ3) is 9.07. The number of nitrogens with two attached hydrogens (primary N) is 1. The number of amides is 2. The molecule has 0 saturated heterocycles. The molecule has 5 rings (SSSR count). The van der Waals surface area contributed by atoms with Gasteiger partial charge in [-0.2, -0.15) is 5.10 Å². The van der Waals surface area contributed by atoms with E-state index in [2.05, 4.69) is 19.9 Å². The number of urea groups is 1. The maximum atomic E-state index is 10.7. The molecule has 3 heterocycles. The number of anilines is 1. The molecular weight excluding hydrogens is 643 g/mol. The van der Waals surface area contributed by atoms with Crippen LogP contribution in [0.2, 0.25) is 10.0 Å². The van der Waals surface area contributed by atoms with E-state index in [0.717, 1.165) is 6.07 Å². The van der Waals surface area contributed by atoms with Crippen LogP contribution in [0.3, 0.4) is 0 Å². The number of hydrogen-bond donors (Lipinski definition) is 4. The van der Waals surface area contributed by atoms with Crippen molar-refractivity contribution in [3.63, 3.8) is 0 Å². The Balaban J connectivity index is 0.000000196. The Hall–Kier alpha value is -5.36. The molecule has 16 nitrogen and oxygen atoms in total. The van der Waals surface area contributed by atoms with E-state index in [-0.39, 0.29) is 23.2 Å². The Morgan fingerprint density at radius 2 is 1.45 bits per heavy atom. The van der Waals surface area contributed by atoms with Gasteiger partial charge in [0, 0.05) is 22.7 Å². The summed E-state index contributed by atoms with van der Waals surface area (Å²) in [6, 6.07) is 18.3. The molecule has 5 aromatic rings. The second-order valence-corrected chi connectivity index (χ2v) is 9.38.